The van der Waals surface area contributed by atoms with Gasteiger partial charge in [0.25, 0.3) is 0 Å². The van der Waals surface area contributed by atoms with Crippen molar-refractivity contribution in [1.82, 2.24) is 10.2 Å². The van der Waals surface area contributed by atoms with E-state index in [0.717, 1.165) is 17.1 Å². The molecule has 0 radical (unpaired) electrons. The van der Waals surface area contributed by atoms with Crippen LogP contribution in [0.1, 0.15) is 38.3 Å². The Balaban J connectivity index is 2.02. The fraction of sp³-hybridized carbons (Fsp3) is 0.417. The van der Waals surface area contributed by atoms with Gasteiger partial charge in [-0.15, -0.1) is 0 Å². The van der Waals surface area contributed by atoms with Crippen molar-refractivity contribution < 1.29 is 14.3 Å². The standard InChI is InChI=1S/C24H32N2O3S/c1-18(2)25-24(28)19(3)26(16-21-11-8-12-22(15-21)29-4)23(27)13-14-30-17-20-9-6-5-7-10-20/h5-12,15,18-19H,13-14,16-17H2,1-4H3,(H,25,28). The molecular formula is C24H32N2O3S. The van der Waals surface area contributed by atoms with Gasteiger partial charge in [-0.2, -0.15) is 11.8 Å². The van der Waals surface area contributed by atoms with Crippen molar-refractivity contribution in [3.05, 3.63) is 65.7 Å². The van der Waals surface area contributed by atoms with E-state index in [2.05, 4.69) is 17.4 Å². The first-order valence-electron chi connectivity index (χ1n) is 10.2. The maximum atomic E-state index is 13.0. The summed E-state index contributed by atoms with van der Waals surface area (Å²) in [6, 6.07) is 17.3. The van der Waals surface area contributed by atoms with Gasteiger partial charge in [0.2, 0.25) is 11.8 Å². The summed E-state index contributed by atoms with van der Waals surface area (Å²) in [6.07, 6.45) is 0.390. The van der Waals surface area contributed by atoms with Crippen LogP contribution in [0.3, 0.4) is 0 Å². The van der Waals surface area contributed by atoms with E-state index in [-0.39, 0.29) is 17.9 Å². The zero-order chi connectivity index (χ0) is 21.9. The van der Waals surface area contributed by atoms with Crippen LogP contribution in [0.25, 0.3) is 0 Å². The fourth-order valence-corrected chi connectivity index (χ4v) is 3.91. The third kappa shape index (κ3) is 7.75. The van der Waals surface area contributed by atoms with E-state index in [4.69, 9.17) is 4.74 Å². The van der Waals surface area contributed by atoms with E-state index in [9.17, 15) is 9.59 Å². The van der Waals surface area contributed by atoms with Gasteiger partial charge in [-0.1, -0.05) is 42.5 Å². The number of carbonyl (C=O) groups is 2. The van der Waals surface area contributed by atoms with Gasteiger partial charge in [0.05, 0.1) is 7.11 Å². The van der Waals surface area contributed by atoms with Crippen LogP contribution in [0.15, 0.2) is 54.6 Å². The summed E-state index contributed by atoms with van der Waals surface area (Å²) >= 11 is 1.73. The summed E-state index contributed by atoms with van der Waals surface area (Å²) < 4.78 is 5.29. The summed E-state index contributed by atoms with van der Waals surface area (Å²) in [7, 11) is 1.62. The second-order valence-electron chi connectivity index (χ2n) is 7.50. The Morgan fingerprint density at radius 1 is 1.03 bits per heavy atom. The van der Waals surface area contributed by atoms with E-state index in [1.807, 2.05) is 56.3 Å². The molecule has 5 nitrogen and oxygen atoms in total. The molecule has 0 aromatic heterocycles. The van der Waals surface area contributed by atoms with Gasteiger partial charge in [0.15, 0.2) is 0 Å². The molecule has 30 heavy (non-hydrogen) atoms. The van der Waals surface area contributed by atoms with Crippen LogP contribution in [0.5, 0.6) is 5.75 Å². The summed E-state index contributed by atoms with van der Waals surface area (Å²) in [5.41, 5.74) is 2.18. The molecule has 0 saturated carbocycles. The highest BCUT2D eigenvalue weighted by Gasteiger charge is 2.26. The molecule has 2 aromatic rings. The molecular weight excluding hydrogens is 396 g/mol. The summed E-state index contributed by atoms with van der Waals surface area (Å²) in [5.74, 6) is 2.15. The molecule has 162 valence electrons. The molecule has 6 heteroatoms. The molecule has 2 aromatic carbocycles. The van der Waals surface area contributed by atoms with Crippen LogP contribution >= 0.6 is 11.8 Å². The smallest absolute Gasteiger partial charge is 0.242 e. The number of rotatable bonds is 11. The maximum Gasteiger partial charge on any atom is 0.242 e. The van der Waals surface area contributed by atoms with Gasteiger partial charge in [-0.3, -0.25) is 9.59 Å². The molecule has 0 spiro atoms. The van der Waals surface area contributed by atoms with E-state index >= 15 is 0 Å². The lowest BCUT2D eigenvalue weighted by Crippen LogP contribution is -2.49. The van der Waals surface area contributed by atoms with E-state index < -0.39 is 6.04 Å². The van der Waals surface area contributed by atoms with Crippen LogP contribution in [0, 0.1) is 0 Å². The Hall–Kier alpha value is -2.47. The molecule has 0 heterocycles. The Morgan fingerprint density at radius 3 is 2.40 bits per heavy atom. The van der Waals surface area contributed by atoms with E-state index in [1.54, 1.807) is 30.7 Å². The Kier molecular flexibility index (Phi) is 9.74. The van der Waals surface area contributed by atoms with Crippen LogP contribution in [0.4, 0.5) is 0 Å². The number of amides is 2. The van der Waals surface area contributed by atoms with Gasteiger partial charge < -0.3 is 15.0 Å². The highest BCUT2D eigenvalue weighted by atomic mass is 32.2. The minimum atomic E-state index is -0.551. The molecule has 0 fully saturated rings. The minimum Gasteiger partial charge on any atom is -0.497 e. The largest absolute Gasteiger partial charge is 0.497 e. The maximum absolute atomic E-state index is 13.0. The zero-order valence-corrected chi connectivity index (χ0v) is 19.1. The lowest BCUT2D eigenvalue weighted by Gasteiger charge is -2.29. The molecule has 0 aliphatic rings. The monoisotopic (exact) mass is 428 g/mol. The van der Waals surface area contributed by atoms with Crippen molar-refractivity contribution in [3.8, 4) is 5.75 Å². The quantitative estimate of drug-likeness (QED) is 0.543. The van der Waals surface area contributed by atoms with Crippen LogP contribution in [-0.2, 0) is 21.9 Å². The van der Waals surface area contributed by atoms with Gasteiger partial charge in [-0.25, -0.2) is 0 Å². The zero-order valence-electron chi connectivity index (χ0n) is 18.3. The van der Waals surface area contributed by atoms with Gasteiger partial charge >= 0.3 is 0 Å². The second kappa shape index (κ2) is 12.3. The number of thioether (sulfide) groups is 1. The first-order chi connectivity index (χ1) is 14.4. The van der Waals surface area contributed by atoms with Crippen molar-refractivity contribution in [2.24, 2.45) is 0 Å². The first kappa shape index (κ1) is 23.8. The Morgan fingerprint density at radius 2 is 1.73 bits per heavy atom. The second-order valence-corrected chi connectivity index (χ2v) is 8.61. The highest BCUT2D eigenvalue weighted by molar-refractivity contribution is 7.98. The lowest BCUT2D eigenvalue weighted by molar-refractivity contribution is -0.140. The average molecular weight is 429 g/mol. The Bertz CT molecular complexity index is 811. The molecule has 1 atom stereocenters. The summed E-state index contributed by atoms with van der Waals surface area (Å²) in [4.78, 5) is 27.3. The Labute approximate surface area is 184 Å². The van der Waals surface area contributed by atoms with Gasteiger partial charge in [0.1, 0.15) is 11.8 Å². The fourth-order valence-electron chi connectivity index (χ4n) is 3.02. The number of hydrogen-bond acceptors (Lipinski definition) is 4. The molecule has 0 saturated heterocycles. The topological polar surface area (TPSA) is 58.6 Å². The molecule has 0 aliphatic carbocycles. The molecule has 0 bridgehead atoms. The predicted octanol–water partition coefficient (Wildman–Crippen LogP) is 4.26. The molecule has 2 amide bonds. The minimum absolute atomic E-state index is 0.0233. The van der Waals surface area contributed by atoms with Crippen LogP contribution < -0.4 is 10.1 Å². The third-order valence-electron chi connectivity index (χ3n) is 4.66. The first-order valence-corrected chi connectivity index (χ1v) is 11.4. The molecule has 2 rings (SSSR count). The van der Waals surface area contributed by atoms with Gasteiger partial charge in [-0.05, 0) is 44.0 Å². The van der Waals surface area contributed by atoms with E-state index in [0.29, 0.717) is 18.7 Å². The summed E-state index contributed by atoms with van der Waals surface area (Å²) in [5, 5.41) is 2.91. The van der Waals surface area contributed by atoms with Crippen molar-refractivity contribution in [2.75, 3.05) is 12.9 Å². The molecule has 0 aliphatic heterocycles. The number of carbonyl (C=O) groups excluding carboxylic acids is 2. The number of nitrogens with zero attached hydrogens (tertiary/aromatic N) is 1. The number of hydrogen-bond donors (Lipinski definition) is 1. The third-order valence-corrected chi connectivity index (χ3v) is 5.69. The summed E-state index contributed by atoms with van der Waals surface area (Å²) in [6.45, 7) is 5.98. The number of ether oxygens (including phenoxy) is 1. The van der Waals surface area contributed by atoms with E-state index in [1.165, 1.54) is 5.56 Å². The van der Waals surface area contributed by atoms with Crippen molar-refractivity contribution in [1.29, 1.82) is 0 Å². The number of nitrogens with one attached hydrogen (secondary N) is 1. The molecule has 1 N–H and O–H groups in total. The average Bonchev–Trinajstić information content (AvgIpc) is 2.74. The lowest BCUT2D eigenvalue weighted by atomic mass is 10.1. The molecule has 1 unspecified atom stereocenters. The van der Waals surface area contributed by atoms with Crippen LogP contribution in [0.2, 0.25) is 0 Å². The number of benzene rings is 2. The van der Waals surface area contributed by atoms with Crippen molar-refractivity contribution in [3.63, 3.8) is 0 Å². The van der Waals surface area contributed by atoms with Crippen molar-refractivity contribution >= 4 is 23.6 Å². The number of methoxy groups -OCH3 is 1. The SMILES string of the molecule is COc1cccc(CN(C(=O)CCSCc2ccccc2)C(C)C(=O)NC(C)C)c1. The normalized spacial score (nSPS) is 11.8. The predicted molar refractivity (Wildman–Crippen MR) is 124 cm³/mol. The van der Waals surface area contributed by atoms with Crippen molar-refractivity contribution in [2.45, 2.75) is 51.6 Å². The van der Waals surface area contributed by atoms with Gasteiger partial charge in [0, 0.05) is 30.5 Å². The van der Waals surface area contributed by atoms with Crippen LogP contribution in [-0.4, -0.2) is 41.7 Å². The highest BCUT2D eigenvalue weighted by Crippen LogP contribution is 2.18.